The van der Waals surface area contributed by atoms with Crippen LogP contribution in [-0.2, 0) is 0 Å². The fourth-order valence-electron chi connectivity index (χ4n) is 2.61. The smallest absolute Gasteiger partial charge is 0.128 e. The summed E-state index contributed by atoms with van der Waals surface area (Å²) in [5, 5.41) is 5.41. The number of hydrogen-bond donors (Lipinski definition) is 1. The second-order valence-electron chi connectivity index (χ2n) is 4.73. The Labute approximate surface area is 116 Å². The van der Waals surface area contributed by atoms with Gasteiger partial charge in [-0.3, -0.25) is 4.90 Å². The van der Waals surface area contributed by atoms with E-state index in [-0.39, 0.29) is 11.9 Å². The highest BCUT2D eigenvalue weighted by Crippen LogP contribution is 2.33. The van der Waals surface area contributed by atoms with Gasteiger partial charge in [0.15, 0.2) is 0 Å². The van der Waals surface area contributed by atoms with E-state index < -0.39 is 0 Å². The first-order valence-corrected chi connectivity index (χ1v) is 7.47. The van der Waals surface area contributed by atoms with Crippen molar-refractivity contribution in [1.29, 1.82) is 0 Å². The fourth-order valence-corrected chi connectivity index (χ4v) is 3.49. The van der Waals surface area contributed by atoms with E-state index in [1.165, 1.54) is 4.88 Å². The molecule has 1 aliphatic heterocycles. The zero-order valence-corrected chi connectivity index (χ0v) is 11.5. The average Bonchev–Trinajstić information content (AvgIpc) is 2.96. The summed E-state index contributed by atoms with van der Waals surface area (Å²) in [7, 11) is 0. The van der Waals surface area contributed by atoms with Crippen LogP contribution >= 0.6 is 11.3 Å². The number of nitrogens with zero attached hydrogens (tertiary/aromatic N) is 1. The van der Waals surface area contributed by atoms with Crippen LogP contribution in [-0.4, -0.2) is 31.1 Å². The van der Waals surface area contributed by atoms with Crippen LogP contribution in [0.25, 0.3) is 0 Å². The highest BCUT2D eigenvalue weighted by atomic mass is 32.1. The Morgan fingerprint density at radius 3 is 2.58 bits per heavy atom. The first-order chi connectivity index (χ1) is 9.36. The molecule has 0 saturated carbocycles. The molecular weight excluding hydrogens is 259 g/mol. The molecule has 0 aliphatic carbocycles. The predicted molar refractivity (Wildman–Crippen MR) is 77.0 cm³/mol. The van der Waals surface area contributed by atoms with E-state index in [1.807, 2.05) is 18.2 Å². The Morgan fingerprint density at radius 1 is 1.11 bits per heavy atom. The zero-order valence-electron chi connectivity index (χ0n) is 10.7. The standard InChI is InChI=1S/C15H17FN2S/c16-13-5-2-1-4-12(13)15(14-6-3-11-19-14)18-9-7-17-8-10-18/h1-6,11,15,17H,7-10H2/t15-/m0/s1. The number of halogens is 1. The minimum atomic E-state index is -0.112. The summed E-state index contributed by atoms with van der Waals surface area (Å²) in [6, 6.07) is 11.3. The molecule has 1 aromatic carbocycles. The van der Waals surface area contributed by atoms with Crippen LogP contribution in [0.3, 0.4) is 0 Å². The maximum absolute atomic E-state index is 14.1. The van der Waals surface area contributed by atoms with E-state index >= 15 is 0 Å². The van der Waals surface area contributed by atoms with Crippen molar-refractivity contribution in [3.63, 3.8) is 0 Å². The quantitative estimate of drug-likeness (QED) is 0.927. The highest BCUT2D eigenvalue weighted by molar-refractivity contribution is 7.10. The molecule has 2 nitrogen and oxygen atoms in total. The van der Waals surface area contributed by atoms with Crippen LogP contribution in [0, 0.1) is 5.82 Å². The second-order valence-corrected chi connectivity index (χ2v) is 5.70. The van der Waals surface area contributed by atoms with E-state index in [2.05, 4.69) is 21.7 Å². The van der Waals surface area contributed by atoms with Crippen LogP contribution in [0.15, 0.2) is 41.8 Å². The molecule has 2 heterocycles. The van der Waals surface area contributed by atoms with Crippen molar-refractivity contribution in [3.8, 4) is 0 Å². The Morgan fingerprint density at radius 2 is 1.89 bits per heavy atom. The molecule has 4 heteroatoms. The first kappa shape index (κ1) is 12.8. The molecule has 1 aliphatic rings. The Kier molecular flexibility index (Phi) is 3.92. The molecule has 0 amide bonds. The molecule has 2 aromatic rings. The van der Waals surface area contributed by atoms with Crippen LogP contribution in [0.5, 0.6) is 0 Å². The van der Waals surface area contributed by atoms with Gasteiger partial charge < -0.3 is 5.32 Å². The van der Waals surface area contributed by atoms with Gasteiger partial charge in [-0.1, -0.05) is 24.3 Å². The summed E-state index contributed by atoms with van der Waals surface area (Å²) in [5.74, 6) is -0.112. The number of nitrogens with one attached hydrogen (secondary N) is 1. The van der Waals surface area contributed by atoms with E-state index in [1.54, 1.807) is 23.5 Å². The zero-order chi connectivity index (χ0) is 13.1. The third kappa shape index (κ3) is 2.71. The van der Waals surface area contributed by atoms with Gasteiger partial charge in [0.1, 0.15) is 5.82 Å². The van der Waals surface area contributed by atoms with E-state index in [0.717, 1.165) is 31.7 Å². The van der Waals surface area contributed by atoms with Gasteiger partial charge in [-0.2, -0.15) is 0 Å². The van der Waals surface area contributed by atoms with Crippen molar-refractivity contribution >= 4 is 11.3 Å². The SMILES string of the molecule is Fc1ccccc1[C@@H](c1cccs1)N1CCNCC1. The number of benzene rings is 1. The van der Waals surface area contributed by atoms with Gasteiger partial charge in [0, 0.05) is 36.6 Å². The maximum atomic E-state index is 14.1. The molecule has 1 fully saturated rings. The van der Waals surface area contributed by atoms with Gasteiger partial charge in [0.2, 0.25) is 0 Å². The van der Waals surface area contributed by atoms with Crippen molar-refractivity contribution in [1.82, 2.24) is 10.2 Å². The molecule has 100 valence electrons. The summed E-state index contributed by atoms with van der Waals surface area (Å²) in [6.45, 7) is 3.85. The number of piperazine rings is 1. The third-order valence-electron chi connectivity index (χ3n) is 3.53. The molecule has 1 saturated heterocycles. The number of rotatable bonds is 3. The van der Waals surface area contributed by atoms with Crippen molar-refractivity contribution in [2.45, 2.75) is 6.04 Å². The minimum absolute atomic E-state index is 0.0447. The third-order valence-corrected chi connectivity index (χ3v) is 4.45. The molecule has 0 radical (unpaired) electrons. The van der Waals surface area contributed by atoms with Crippen LogP contribution < -0.4 is 5.32 Å². The Bertz CT molecular complexity index is 521. The van der Waals surface area contributed by atoms with Crippen molar-refractivity contribution in [2.75, 3.05) is 26.2 Å². The highest BCUT2D eigenvalue weighted by Gasteiger charge is 2.26. The Hall–Kier alpha value is -1.23. The van der Waals surface area contributed by atoms with Crippen LogP contribution in [0.2, 0.25) is 0 Å². The normalized spacial score (nSPS) is 18.4. The molecule has 0 bridgehead atoms. The van der Waals surface area contributed by atoms with Crippen molar-refractivity contribution in [2.24, 2.45) is 0 Å². The molecule has 19 heavy (non-hydrogen) atoms. The van der Waals surface area contributed by atoms with Crippen molar-refractivity contribution < 1.29 is 4.39 Å². The predicted octanol–water partition coefficient (Wildman–Crippen LogP) is 2.88. The molecular formula is C15H17FN2S. The van der Waals surface area contributed by atoms with Crippen molar-refractivity contribution in [3.05, 3.63) is 58.0 Å². The lowest BCUT2D eigenvalue weighted by Gasteiger charge is -2.34. The van der Waals surface area contributed by atoms with Crippen LogP contribution in [0.4, 0.5) is 4.39 Å². The summed E-state index contributed by atoms with van der Waals surface area (Å²) in [4.78, 5) is 3.58. The fraction of sp³-hybridized carbons (Fsp3) is 0.333. The second kappa shape index (κ2) is 5.82. The lowest BCUT2D eigenvalue weighted by atomic mass is 10.0. The number of hydrogen-bond acceptors (Lipinski definition) is 3. The Balaban J connectivity index is 1.99. The van der Waals surface area contributed by atoms with Gasteiger partial charge in [0.05, 0.1) is 6.04 Å². The summed E-state index contributed by atoms with van der Waals surface area (Å²) in [5.41, 5.74) is 0.784. The molecule has 0 unspecified atom stereocenters. The van der Waals surface area contributed by atoms with Gasteiger partial charge in [-0.25, -0.2) is 4.39 Å². The largest absolute Gasteiger partial charge is 0.314 e. The molecule has 1 aromatic heterocycles. The summed E-state index contributed by atoms with van der Waals surface area (Å²) >= 11 is 1.70. The maximum Gasteiger partial charge on any atom is 0.128 e. The lowest BCUT2D eigenvalue weighted by molar-refractivity contribution is 0.197. The molecule has 0 spiro atoms. The van der Waals surface area contributed by atoms with Gasteiger partial charge >= 0.3 is 0 Å². The first-order valence-electron chi connectivity index (χ1n) is 6.59. The monoisotopic (exact) mass is 276 g/mol. The van der Waals surface area contributed by atoms with Gasteiger partial charge in [-0.05, 0) is 17.5 Å². The van der Waals surface area contributed by atoms with Gasteiger partial charge in [-0.15, -0.1) is 11.3 Å². The topological polar surface area (TPSA) is 15.3 Å². The van der Waals surface area contributed by atoms with E-state index in [4.69, 9.17) is 0 Å². The minimum Gasteiger partial charge on any atom is -0.314 e. The van der Waals surface area contributed by atoms with E-state index in [9.17, 15) is 4.39 Å². The molecule has 3 rings (SSSR count). The average molecular weight is 276 g/mol. The molecule has 1 atom stereocenters. The molecule has 1 N–H and O–H groups in total. The van der Waals surface area contributed by atoms with Gasteiger partial charge in [0.25, 0.3) is 0 Å². The lowest BCUT2D eigenvalue weighted by Crippen LogP contribution is -2.45. The van der Waals surface area contributed by atoms with E-state index in [0.29, 0.717) is 0 Å². The van der Waals surface area contributed by atoms with Crippen LogP contribution in [0.1, 0.15) is 16.5 Å². The number of thiophene rings is 1. The summed E-state index contributed by atoms with van der Waals surface area (Å²) < 4.78 is 14.1. The summed E-state index contributed by atoms with van der Waals surface area (Å²) in [6.07, 6.45) is 0.